The van der Waals surface area contributed by atoms with Gasteiger partial charge in [-0.15, -0.1) is 5.10 Å². The number of aryl methyl sites for hydroxylation is 2. The molecule has 0 bridgehead atoms. The molecule has 2 aromatic rings. The van der Waals surface area contributed by atoms with E-state index < -0.39 is 0 Å². The zero-order valence-electron chi connectivity index (χ0n) is 13.5. The highest BCUT2D eigenvalue weighted by Crippen LogP contribution is 2.22. The number of rotatable bonds is 4. The molecule has 0 spiro atoms. The van der Waals surface area contributed by atoms with Gasteiger partial charge in [-0.05, 0) is 49.3 Å². The van der Waals surface area contributed by atoms with Crippen molar-refractivity contribution in [2.45, 2.75) is 39.5 Å². The molecule has 1 fully saturated rings. The van der Waals surface area contributed by atoms with Crippen molar-refractivity contribution in [1.82, 2.24) is 9.78 Å². The standard InChI is InChI=1S/C16H22N4OS2/c1-11-3-4-13(9-12(11)2)17-15-18-20(16(22)23-15)10-19-7-5-14(21)6-8-19/h3-4,9,14,21H,5-8,10H2,1-2H3,(H,17,18)/p+1. The van der Waals surface area contributed by atoms with Gasteiger partial charge in [0.1, 0.15) is 0 Å². The van der Waals surface area contributed by atoms with Crippen molar-refractivity contribution in [1.29, 1.82) is 0 Å². The highest BCUT2D eigenvalue weighted by Gasteiger charge is 2.21. The number of anilines is 2. The maximum absolute atomic E-state index is 9.59. The molecule has 1 aliphatic rings. The lowest BCUT2D eigenvalue weighted by Gasteiger charge is -2.26. The molecule has 7 heteroatoms. The van der Waals surface area contributed by atoms with E-state index in [1.54, 1.807) is 0 Å². The van der Waals surface area contributed by atoms with Crippen LogP contribution in [0, 0.1) is 17.8 Å². The van der Waals surface area contributed by atoms with Gasteiger partial charge in [0.25, 0.3) is 0 Å². The lowest BCUT2D eigenvalue weighted by atomic mass is 10.1. The Hall–Kier alpha value is -1.28. The molecule has 124 valence electrons. The van der Waals surface area contributed by atoms with Crippen molar-refractivity contribution in [3.05, 3.63) is 33.3 Å². The predicted octanol–water partition coefficient (Wildman–Crippen LogP) is 2.03. The Labute approximate surface area is 145 Å². The van der Waals surface area contributed by atoms with Gasteiger partial charge < -0.3 is 15.3 Å². The van der Waals surface area contributed by atoms with Crippen molar-refractivity contribution in [2.75, 3.05) is 18.4 Å². The minimum absolute atomic E-state index is 0.135. The summed E-state index contributed by atoms with van der Waals surface area (Å²) < 4.78 is 2.69. The van der Waals surface area contributed by atoms with Gasteiger partial charge in [0.2, 0.25) is 5.13 Å². The molecule has 23 heavy (non-hydrogen) atoms. The topological polar surface area (TPSA) is 54.5 Å². The normalized spacial score (nSPS) is 21.3. The highest BCUT2D eigenvalue weighted by molar-refractivity contribution is 7.73. The molecule has 5 nitrogen and oxygen atoms in total. The van der Waals surface area contributed by atoms with E-state index in [4.69, 9.17) is 12.2 Å². The lowest BCUT2D eigenvalue weighted by Crippen LogP contribution is -3.12. The van der Waals surface area contributed by atoms with Crippen molar-refractivity contribution >= 4 is 34.4 Å². The van der Waals surface area contributed by atoms with Crippen LogP contribution in [0.4, 0.5) is 10.8 Å². The first-order valence-corrected chi connectivity index (χ1v) is 9.17. The summed E-state index contributed by atoms with van der Waals surface area (Å²) in [5, 5.41) is 18.4. The van der Waals surface area contributed by atoms with E-state index in [1.807, 2.05) is 4.68 Å². The molecular formula is C16H23N4OS2+. The highest BCUT2D eigenvalue weighted by atomic mass is 32.1. The summed E-state index contributed by atoms with van der Waals surface area (Å²) in [7, 11) is 0. The summed E-state index contributed by atoms with van der Waals surface area (Å²) in [6.45, 7) is 6.93. The third-order valence-corrected chi connectivity index (χ3v) is 5.62. The largest absolute Gasteiger partial charge is 0.393 e. The smallest absolute Gasteiger partial charge is 0.209 e. The van der Waals surface area contributed by atoms with Gasteiger partial charge in [0, 0.05) is 18.5 Å². The fourth-order valence-electron chi connectivity index (χ4n) is 2.78. The molecule has 0 atom stereocenters. The van der Waals surface area contributed by atoms with Crippen LogP contribution in [-0.4, -0.2) is 34.1 Å². The molecule has 3 N–H and O–H groups in total. The van der Waals surface area contributed by atoms with Crippen LogP contribution < -0.4 is 10.2 Å². The Morgan fingerprint density at radius 3 is 2.78 bits per heavy atom. The summed E-state index contributed by atoms with van der Waals surface area (Å²) in [5.74, 6) is 0. The van der Waals surface area contributed by atoms with E-state index >= 15 is 0 Å². The number of nitrogens with one attached hydrogen (secondary N) is 2. The molecule has 2 heterocycles. The van der Waals surface area contributed by atoms with Crippen LogP contribution in [0.2, 0.25) is 0 Å². The maximum atomic E-state index is 9.59. The Balaban J connectivity index is 1.68. The molecule has 3 rings (SSSR count). The first kappa shape index (κ1) is 16.6. The van der Waals surface area contributed by atoms with Gasteiger partial charge in [-0.3, -0.25) is 0 Å². The molecule has 0 saturated carbocycles. The Bertz CT molecular complexity index is 732. The molecular weight excluding hydrogens is 328 g/mol. The van der Waals surface area contributed by atoms with Crippen LogP contribution in [0.3, 0.4) is 0 Å². The third kappa shape index (κ3) is 4.17. The summed E-state index contributed by atoms with van der Waals surface area (Å²) in [6.07, 6.45) is 1.59. The Kier molecular flexibility index (Phi) is 5.11. The molecule has 0 amide bonds. The van der Waals surface area contributed by atoms with E-state index in [1.165, 1.54) is 27.4 Å². The number of aliphatic hydroxyl groups excluding tert-OH is 1. The van der Waals surface area contributed by atoms with E-state index in [9.17, 15) is 5.11 Å². The summed E-state index contributed by atoms with van der Waals surface area (Å²) in [5.41, 5.74) is 3.58. The van der Waals surface area contributed by atoms with Crippen LogP contribution in [0.5, 0.6) is 0 Å². The van der Waals surface area contributed by atoms with Crippen LogP contribution in [0.15, 0.2) is 18.2 Å². The molecule has 1 saturated heterocycles. The van der Waals surface area contributed by atoms with Crippen molar-refractivity contribution in [3.8, 4) is 0 Å². The second-order valence-electron chi connectivity index (χ2n) is 6.24. The van der Waals surface area contributed by atoms with Gasteiger partial charge in [0.05, 0.1) is 19.2 Å². The summed E-state index contributed by atoms with van der Waals surface area (Å²) >= 11 is 6.94. The molecule has 1 aromatic heterocycles. The number of aliphatic hydroxyl groups is 1. The number of quaternary nitrogens is 1. The number of nitrogens with zero attached hydrogens (tertiary/aromatic N) is 2. The quantitative estimate of drug-likeness (QED) is 0.738. The van der Waals surface area contributed by atoms with E-state index in [0.717, 1.165) is 47.4 Å². The van der Waals surface area contributed by atoms with E-state index in [2.05, 4.69) is 42.5 Å². The Morgan fingerprint density at radius 1 is 1.35 bits per heavy atom. The average Bonchev–Trinajstić information content (AvgIpc) is 2.85. The van der Waals surface area contributed by atoms with E-state index in [0.29, 0.717) is 0 Å². The van der Waals surface area contributed by atoms with Crippen LogP contribution in [0.1, 0.15) is 24.0 Å². The van der Waals surface area contributed by atoms with Gasteiger partial charge in [0.15, 0.2) is 10.6 Å². The summed E-state index contributed by atoms with van der Waals surface area (Å²) in [4.78, 5) is 1.43. The number of piperidine rings is 1. The average molecular weight is 352 g/mol. The zero-order valence-corrected chi connectivity index (χ0v) is 15.1. The van der Waals surface area contributed by atoms with Gasteiger partial charge >= 0.3 is 0 Å². The molecule has 0 radical (unpaired) electrons. The molecule has 0 aliphatic carbocycles. The van der Waals surface area contributed by atoms with Crippen molar-refractivity contribution in [2.24, 2.45) is 0 Å². The second-order valence-corrected chi connectivity index (χ2v) is 7.86. The monoisotopic (exact) mass is 351 g/mol. The zero-order chi connectivity index (χ0) is 16.4. The molecule has 1 aliphatic heterocycles. The summed E-state index contributed by atoms with van der Waals surface area (Å²) in [6, 6.07) is 6.30. The number of benzene rings is 1. The molecule has 0 unspecified atom stereocenters. The molecule has 1 aromatic carbocycles. The minimum Gasteiger partial charge on any atom is -0.393 e. The van der Waals surface area contributed by atoms with E-state index in [-0.39, 0.29) is 6.10 Å². The second kappa shape index (κ2) is 7.09. The van der Waals surface area contributed by atoms with Gasteiger partial charge in [-0.2, -0.15) is 4.68 Å². The lowest BCUT2D eigenvalue weighted by molar-refractivity contribution is -0.929. The fraction of sp³-hybridized carbons (Fsp3) is 0.500. The number of aromatic nitrogens is 2. The van der Waals surface area contributed by atoms with Crippen LogP contribution in [-0.2, 0) is 6.67 Å². The maximum Gasteiger partial charge on any atom is 0.209 e. The van der Waals surface area contributed by atoms with Gasteiger partial charge in [-0.1, -0.05) is 17.4 Å². The first-order chi connectivity index (χ1) is 11.0. The SMILES string of the molecule is Cc1ccc(Nc2nn(C[NH+]3CCC(O)CC3)c(=S)s2)cc1C. The minimum atomic E-state index is -0.135. The Morgan fingerprint density at radius 2 is 2.09 bits per heavy atom. The third-order valence-electron chi connectivity index (χ3n) is 4.40. The number of likely N-dealkylation sites (tertiary alicyclic amines) is 1. The van der Waals surface area contributed by atoms with Crippen LogP contribution in [0.25, 0.3) is 0 Å². The van der Waals surface area contributed by atoms with Gasteiger partial charge in [-0.25, -0.2) is 0 Å². The number of hydrogen-bond donors (Lipinski definition) is 3. The van der Waals surface area contributed by atoms with Crippen LogP contribution >= 0.6 is 23.6 Å². The number of hydrogen-bond acceptors (Lipinski definition) is 5. The fourth-order valence-corrected chi connectivity index (χ4v) is 3.81. The van der Waals surface area contributed by atoms with Crippen molar-refractivity contribution < 1.29 is 10.0 Å². The first-order valence-electron chi connectivity index (χ1n) is 7.95. The van der Waals surface area contributed by atoms with Crippen molar-refractivity contribution in [3.63, 3.8) is 0 Å². The predicted molar refractivity (Wildman–Crippen MR) is 96.1 cm³/mol.